The van der Waals surface area contributed by atoms with Crippen LogP contribution in [0.3, 0.4) is 0 Å². The van der Waals surface area contributed by atoms with Crippen LogP contribution in [0.4, 0.5) is 0 Å². The van der Waals surface area contributed by atoms with Crippen molar-refractivity contribution in [2.45, 2.75) is 6.92 Å². The van der Waals surface area contributed by atoms with Gasteiger partial charge in [-0.2, -0.15) is 0 Å². The number of benzene rings is 1. The minimum Gasteiger partial charge on any atom is -0.0695 e. The van der Waals surface area contributed by atoms with Gasteiger partial charge >= 0.3 is 0 Å². The maximum atomic E-state index is 2.35. The van der Waals surface area contributed by atoms with Gasteiger partial charge < -0.3 is 0 Å². The predicted octanol–water partition coefficient (Wildman–Crippen LogP) is 0.590. The van der Waals surface area contributed by atoms with E-state index < -0.39 is 0 Å². The van der Waals surface area contributed by atoms with Crippen LogP contribution in [0.15, 0.2) is 18.2 Å². The van der Waals surface area contributed by atoms with Crippen molar-refractivity contribution in [3.05, 3.63) is 27.3 Å². The highest BCUT2D eigenvalue weighted by Gasteiger charge is 1.88. The van der Waals surface area contributed by atoms with Crippen molar-refractivity contribution in [2.24, 2.45) is 0 Å². The van der Waals surface area contributed by atoms with Gasteiger partial charge in [0.25, 0.3) is 0 Å². The molecular formula is C7H9ISi. The van der Waals surface area contributed by atoms with Crippen LogP contribution < -0.4 is 5.19 Å². The van der Waals surface area contributed by atoms with E-state index in [0.29, 0.717) is 0 Å². The van der Waals surface area contributed by atoms with Crippen LogP contribution >= 0.6 is 22.6 Å². The molecule has 2 heteroatoms. The SMILES string of the molecule is Cc1cc([SiH3])cc(I)c1. The summed E-state index contributed by atoms with van der Waals surface area (Å²) in [5.41, 5.74) is 1.38. The minimum atomic E-state index is 1.17. The second kappa shape index (κ2) is 2.83. The highest BCUT2D eigenvalue weighted by atomic mass is 127. The van der Waals surface area contributed by atoms with E-state index in [1.807, 2.05) is 0 Å². The van der Waals surface area contributed by atoms with Crippen molar-refractivity contribution < 1.29 is 0 Å². The molecule has 0 fully saturated rings. The van der Waals surface area contributed by atoms with Gasteiger partial charge in [-0.3, -0.25) is 0 Å². The van der Waals surface area contributed by atoms with Crippen molar-refractivity contribution >= 4 is 38.0 Å². The topological polar surface area (TPSA) is 0 Å². The number of aryl methyl sites for hydroxylation is 1. The number of halogens is 1. The fraction of sp³-hybridized carbons (Fsp3) is 0.143. The zero-order chi connectivity index (χ0) is 6.85. The van der Waals surface area contributed by atoms with Crippen molar-refractivity contribution in [3.63, 3.8) is 0 Å². The molecule has 1 rings (SSSR count). The van der Waals surface area contributed by atoms with Gasteiger partial charge in [-0.05, 0) is 35.6 Å². The lowest BCUT2D eigenvalue weighted by atomic mass is 10.2. The molecule has 0 aliphatic heterocycles. The normalized spacial score (nSPS) is 10.0. The number of rotatable bonds is 0. The van der Waals surface area contributed by atoms with Crippen LogP contribution in [0.2, 0.25) is 0 Å². The second-order valence-corrected chi connectivity index (χ2v) is 4.71. The average Bonchev–Trinajstić information content (AvgIpc) is 1.59. The first-order chi connectivity index (χ1) is 4.18. The zero-order valence-corrected chi connectivity index (χ0v) is 9.77. The minimum absolute atomic E-state index is 1.17. The first kappa shape index (κ1) is 7.28. The van der Waals surface area contributed by atoms with Gasteiger partial charge in [-0.15, -0.1) is 0 Å². The van der Waals surface area contributed by atoms with E-state index in [9.17, 15) is 0 Å². The van der Waals surface area contributed by atoms with Crippen molar-refractivity contribution in [2.75, 3.05) is 0 Å². The fourth-order valence-corrected chi connectivity index (χ4v) is 3.26. The lowest BCUT2D eigenvalue weighted by Gasteiger charge is -1.95. The quantitative estimate of drug-likeness (QED) is 0.465. The maximum Gasteiger partial charge on any atom is 0.0385 e. The van der Waals surface area contributed by atoms with Gasteiger partial charge in [0.1, 0.15) is 0 Å². The van der Waals surface area contributed by atoms with E-state index in [4.69, 9.17) is 0 Å². The molecule has 0 saturated carbocycles. The molecule has 0 N–H and O–H groups in total. The summed E-state index contributed by atoms with van der Waals surface area (Å²) in [7, 11) is 1.17. The molecule has 1 aromatic rings. The summed E-state index contributed by atoms with van der Waals surface area (Å²) in [4.78, 5) is 0. The van der Waals surface area contributed by atoms with Crippen molar-refractivity contribution in [1.82, 2.24) is 0 Å². The van der Waals surface area contributed by atoms with E-state index in [2.05, 4.69) is 47.7 Å². The molecular weight excluding hydrogens is 239 g/mol. The molecule has 0 spiro atoms. The summed E-state index contributed by atoms with van der Waals surface area (Å²) in [5, 5.41) is 1.49. The Bertz CT molecular complexity index is 170. The third-order valence-corrected chi connectivity index (χ3v) is 2.39. The maximum absolute atomic E-state index is 2.35. The van der Waals surface area contributed by atoms with Crippen LogP contribution in [0.25, 0.3) is 0 Å². The molecule has 0 bridgehead atoms. The molecule has 0 aliphatic carbocycles. The van der Waals surface area contributed by atoms with E-state index >= 15 is 0 Å². The summed E-state index contributed by atoms with van der Waals surface area (Å²) in [6, 6.07) is 6.68. The van der Waals surface area contributed by atoms with Crippen LogP contribution in [-0.4, -0.2) is 10.2 Å². The van der Waals surface area contributed by atoms with Gasteiger partial charge in [-0.1, -0.05) is 22.9 Å². The third kappa shape index (κ3) is 2.10. The van der Waals surface area contributed by atoms with Crippen LogP contribution in [-0.2, 0) is 0 Å². The molecule has 9 heavy (non-hydrogen) atoms. The average molecular weight is 248 g/mol. The summed E-state index contributed by atoms with van der Waals surface area (Å²) in [5.74, 6) is 0. The standard InChI is InChI=1S/C7H9ISi/c1-5-2-6(8)4-7(9)3-5/h2-4H,1,9H3. The monoisotopic (exact) mass is 248 g/mol. The predicted molar refractivity (Wildman–Crippen MR) is 53.5 cm³/mol. The lowest BCUT2D eigenvalue weighted by molar-refractivity contribution is 1.47. The van der Waals surface area contributed by atoms with E-state index in [1.165, 1.54) is 24.6 Å². The highest BCUT2D eigenvalue weighted by Crippen LogP contribution is 2.03. The molecule has 48 valence electrons. The smallest absolute Gasteiger partial charge is 0.0385 e. The molecule has 0 heterocycles. The van der Waals surface area contributed by atoms with E-state index in [1.54, 1.807) is 0 Å². The molecule has 0 atom stereocenters. The highest BCUT2D eigenvalue weighted by molar-refractivity contribution is 14.1. The molecule has 0 amide bonds. The molecule has 0 radical (unpaired) electrons. The molecule has 0 unspecified atom stereocenters. The Morgan fingerprint density at radius 1 is 1.33 bits per heavy atom. The Balaban J connectivity index is 3.17. The van der Waals surface area contributed by atoms with Crippen molar-refractivity contribution in [3.8, 4) is 0 Å². The summed E-state index contributed by atoms with van der Waals surface area (Å²) in [6.45, 7) is 2.14. The Kier molecular flexibility index (Phi) is 2.29. The van der Waals surface area contributed by atoms with Gasteiger partial charge in [-0.25, -0.2) is 0 Å². The third-order valence-electron chi connectivity index (χ3n) is 1.19. The molecule has 0 aromatic heterocycles. The molecule has 0 saturated heterocycles. The first-order valence-electron chi connectivity index (χ1n) is 2.92. The number of hydrogen-bond donors (Lipinski definition) is 0. The van der Waals surface area contributed by atoms with Gasteiger partial charge in [0.15, 0.2) is 0 Å². The Morgan fingerprint density at radius 2 is 2.00 bits per heavy atom. The lowest BCUT2D eigenvalue weighted by Crippen LogP contribution is -2.02. The second-order valence-electron chi connectivity index (χ2n) is 2.31. The van der Waals surface area contributed by atoms with Gasteiger partial charge in [0.2, 0.25) is 0 Å². The largest absolute Gasteiger partial charge is 0.0695 e. The summed E-state index contributed by atoms with van der Waals surface area (Å²) >= 11 is 2.35. The Hall–Kier alpha value is 0.167. The summed E-state index contributed by atoms with van der Waals surface area (Å²) in [6.07, 6.45) is 0. The first-order valence-corrected chi connectivity index (χ1v) is 5.00. The van der Waals surface area contributed by atoms with E-state index in [-0.39, 0.29) is 0 Å². The van der Waals surface area contributed by atoms with Gasteiger partial charge in [0.05, 0.1) is 0 Å². The Labute approximate surface area is 72.2 Å². The molecule has 0 nitrogen and oxygen atoms in total. The molecule has 1 aromatic carbocycles. The van der Waals surface area contributed by atoms with Crippen LogP contribution in [0.1, 0.15) is 5.56 Å². The molecule has 0 aliphatic rings. The van der Waals surface area contributed by atoms with Crippen LogP contribution in [0.5, 0.6) is 0 Å². The fourth-order valence-electron chi connectivity index (χ4n) is 0.919. The zero-order valence-electron chi connectivity index (χ0n) is 5.61. The summed E-state index contributed by atoms with van der Waals surface area (Å²) < 4.78 is 1.36. The Morgan fingerprint density at radius 3 is 2.44 bits per heavy atom. The van der Waals surface area contributed by atoms with Gasteiger partial charge in [0, 0.05) is 13.8 Å². The van der Waals surface area contributed by atoms with E-state index in [0.717, 1.165) is 0 Å². The number of hydrogen-bond acceptors (Lipinski definition) is 0. The van der Waals surface area contributed by atoms with Crippen molar-refractivity contribution in [1.29, 1.82) is 0 Å². The van der Waals surface area contributed by atoms with Crippen LogP contribution in [0, 0.1) is 10.5 Å².